The summed E-state index contributed by atoms with van der Waals surface area (Å²) in [5.41, 5.74) is 8.91. The lowest BCUT2D eigenvalue weighted by molar-refractivity contribution is -0.151. The third kappa shape index (κ3) is 6.45. The first-order chi connectivity index (χ1) is 17.5. The highest BCUT2D eigenvalue weighted by atomic mass is 32.1. The third-order valence-electron chi connectivity index (χ3n) is 5.03. The Morgan fingerprint density at radius 2 is 1.92 bits per heavy atom. The van der Waals surface area contributed by atoms with Gasteiger partial charge in [0, 0.05) is 10.9 Å². The van der Waals surface area contributed by atoms with Crippen molar-refractivity contribution in [3.63, 3.8) is 0 Å². The number of hydrogen-bond donors (Lipinski definition) is 2. The molecule has 2 aromatic heterocycles. The number of esters is 1. The van der Waals surface area contributed by atoms with Crippen LogP contribution in [0.5, 0.6) is 17.2 Å². The second-order valence-corrected chi connectivity index (χ2v) is 12.0. The summed E-state index contributed by atoms with van der Waals surface area (Å²) in [6.07, 6.45) is 0.422. The minimum atomic E-state index is -4.22. The molecule has 0 amide bonds. The summed E-state index contributed by atoms with van der Waals surface area (Å²) >= 11 is 1.38. The summed E-state index contributed by atoms with van der Waals surface area (Å²) in [5, 5.41) is 0.402. The van der Waals surface area contributed by atoms with Crippen molar-refractivity contribution in [3.05, 3.63) is 35.2 Å². The highest BCUT2D eigenvalue weighted by Gasteiger charge is 2.37. The molecule has 0 saturated heterocycles. The van der Waals surface area contributed by atoms with Crippen LogP contribution >= 0.6 is 18.9 Å². The van der Waals surface area contributed by atoms with Gasteiger partial charge in [-0.15, -0.1) is 11.3 Å². The van der Waals surface area contributed by atoms with Crippen LogP contribution in [0.2, 0.25) is 0 Å². The van der Waals surface area contributed by atoms with Gasteiger partial charge >= 0.3 is 13.6 Å². The molecule has 0 bridgehead atoms. The molecule has 0 radical (unpaired) electrons. The second-order valence-electron chi connectivity index (χ2n) is 9.08. The van der Waals surface area contributed by atoms with Crippen molar-refractivity contribution < 1.29 is 37.1 Å². The molecule has 0 spiro atoms. The SMILES string of the molecule is CC(C)Cc1sc(N)nc1-c1ccc(P(=O)(ON[C@H](C)C(=O)OC(C)C)Oc2ccc3c(c2)OCO3)o1. The van der Waals surface area contributed by atoms with E-state index in [9.17, 15) is 9.36 Å². The number of hydroxylamine groups is 1. The Labute approximate surface area is 218 Å². The van der Waals surface area contributed by atoms with Gasteiger partial charge in [-0.2, -0.15) is 5.48 Å². The van der Waals surface area contributed by atoms with Gasteiger partial charge in [0.05, 0.1) is 6.10 Å². The van der Waals surface area contributed by atoms with Crippen molar-refractivity contribution >= 4 is 35.5 Å². The molecular weight excluding hydrogens is 521 g/mol. The van der Waals surface area contributed by atoms with Crippen LogP contribution in [0.4, 0.5) is 5.13 Å². The van der Waals surface area contributed by atoms with Crippen LogP contribution in [-0.4, -0.2) is 29.9 Å². The van der Waals surface area contributed by atoms with Crippen molar-refractivity contribution in [2.45, 2.75) is 53.2 Å². The van der Waals surface area contributed by atoms with Crippen molar-refractivity contribution in [1.82, 2.24) is 10.5 Å². The molecule has 3 aromatic rings. The number of fused-ring (bicyclic) bond motifs is 1. The Morgan fingerprint density at radius 3 is 2.65 bits per heavy atom. The number of nitrogens with zero attached hydrogens (tertiary/aromatic N) is 1. The molecule has 4 rings (SSSR count). The first kappa shape index (κ1) is 27.0. The van der Waals surface area contributed by atoms with Crippen LogP contribution in [0, 0.1) is 5.92 Å². The molecule has 13 heteroatoms. The Balaban J connectivity index is 1.63. The number of nitrogen functional groups attached to an aromatic ring is 1. The molecule has 37 heavy (non-hydrogen) atoms. The largest absolute Gasteiger partial charge is 0.462 e. The van der Waals surface area contributed by atoms with Crippen molar-refractivity contribution in [1.29, 1.82) is 0 Å². The number of nitrogens with two attached hydrogens (primary N) is 1. The molecule has 1 aliphatic heterocycles. The van der Waals surface area contributed by atoms with Crippen LogP contribution in [-0.2, 0) is 25.1 Å². The molecule has 3 heterocycles. The average molecular weight is 552 g/mol. The van der Waals surface area contributed by atoms with Gasteiger partial charge in [0.1, 0.15) is 17.5 Å². The minimum Gasteiger partial charge on any atom is -0.462 e. The fourth-order valence-electron chi connectivity index (χ4n) is 3.39. The number of hydrogen-bond acceptors (Lipinski definition) is 12. The van der Waals surface area contributed by atoms with Crippen LogP contribution < -0.4 is 30.7 Å². The minimum absolute atomic E-state index is 0.0704. The maximum atomic E-state index is 14.1. The van der Waals surface area contributed by atoms with E-state index in [1.165, 1.54) is 30.4 Å². The maximum absolute atomic E-state index is 14.1. The molecule has 200 valence electrons. The third-order valence-corrected chi connectivity index (χ3v) is 7.51. The molecule has 0 aliphatic carbocycles. The molecule has 11 nitrogen and oxygen atoms in total. The number of thiazole rings is 1. The highest BCUT2D eigenvalue weighted by molar-refractivity contribution is 7.62. The van der Waals surface area contributed by atoms with E-state index in [-0.39, 0.29) is 24.1 Å². The van der Waals surface area contributed by atoms with E-state index < -0.39 is 19.6 Å². The van der Waals surface area contributed by atoms with E-state index in [0.29, 0.717) is 34.0 Å². The van der Waals surface area contributed by atoms with Gasteiger partial charge in [-0.3, -0.25) is 4.79 Å². The second kappa shape index (κ2) is 11.1. The van der Waals surface area contributed by atoms with E-state index in [1.807, 2.05) is 0 Å². The van der Waals surface area contributed by atoms with Crippen molar-refractivity contribution in [2.24, 2.45) is 5.92 Å². The van der Waals surface area contributed by atoms with Gasteiger partial charge in [-0.1, -0.05) is 13.8 Å². The summed E-state index contributed by atoms with van der Waals surface area (Å²) in [6, 6.07) is 6.88. The van der Waals surface area contributed by atoms with Crippen LogP contribution in [0.15, 0.2) is 34.7 Å². The number of ether oxygens (including phenoxy) is 3. The lowest BCUT2D eigenvalue weighted by atomic mass is 10.1. The van der Waals surface area contributed by atoms with Gasteiger partial charge in [0.15, 0.2) is 22.4 Å². The molecule has 1 unspecified atom stereocenters. The topological polar surface area (TPSA) is 144 Å². The standard InChI is InChI=1S/C24H30N3O8PS/c1-13(2)10-20-22(26-24(25)37-20)18-8-9-21(33-18)36(29,35-27-15(5)23(28)32-14(3)4)34-16-6-7-17-19(11-16)31-12-30-17/h6-9,11,13-15,27H,10,12H2,1-5H3,(H2,25,26)/t15-,36?/m1/s1. The van der Waals surface area contributed by atoms with Crippen molar-refractivity contribution in [3.8, 4) is 28.7 Å². The van der Waals surface area contributed by atoms with Crippen LogP contribution in [0.1, 0.15) is 39.5 Å². The van der Waals surface area contributed by atoms with E-state index in [2.05, 4.69) is 24.3 Å². The first-order valence-electron chi connectivity index (χ1n) is 11.7. The Hall–Kier alpha value is -3.05. The fraction of sp³-hybridized carbons (Fsp3) is 0.417. The number of benzene rings is 1. The predicted octanol–water partition coefficient (Wildman–Crippen LogP) is 4.67. The number of rotatable bonds is 11. The van der Waals surface area contributed by atoms with Crippen molar-refractivity contribution in [2.75, 3.05) is 12.5 Å². The monoisotopic (exact) mass is 551 g/mol. The van der Waals surface area contributed by atoms with E-state index in [1.54, 1.807) is 32.0 Å². The summed E-state index contributed by atoms with van der Waals surface area (Å²) in [5.74, 6) is 1.30. The molecule has 1 aromatic carbocycles. The van der Waals surface area contributed by atoms with Gasteiger partial charge in [0.25, 0.3) is 0 Å². The number of furan rings is 1. The van der Waals surface area contributed by atoms with Gasteiger partial charge in [-0.05, 0) is 57.4 Å². The van der Waals surface area contributed by atoms with Gasteiger partial charge in [-0.25, -0.2) is 14.2 Å². The Kier molecular flexibility index (Phi) is 8.13. The zero-order valence-corrected chi connectivity index (χ0v) is 22.9. The number of carbonyl (C=O) groups excluding carboxylic acids is 1. The lowest BCUT2D eigenvalue weighted by Gasteiger charge is -2.20. The smallest absolute Gasteiger partial charge is 0.462 e. The molecule has 0 saturated carbocycles. The maximum Gasteiger partial charge on any atom is 0.462 e. The molecule has 2 atom stereocenters. The normalized spacial score (nSPS) is 15.1. The average Bonchev–Trinajstić information content (AvgIpc) is 3.56. The number of aromatic nitrogens is 1. The number of nitrogens with one attached hydrogen (secondary N) is 1. The van der Waals surface area contributed by atoms with E-state index in [0.717, 1.165) is 11.3 Å². The summed E-state index contributed by atoms with van der Waals surface area (Å²) in [4.78, 5) is 17.6. The Bertz CT molecular complexity index is 1300. The number of carbonyl (C=O) groups is 1. The summed E-state index contributed by atoms with van der Waals surface area (Å²) < 4.78 is 47.3. The first-order valence-corrected chi connectivity index (χ1v) is 14.1. The molecule has 3 N–H and O–H groups in total. The zero-order valence-electron chi connectivity index (χ0n) is 21.2. The predicted molar refractivity (Wildman–Crippen MR) is 138 cm³/mol. The zero-order chi connectivity index (χ0) is 26.7. The Morgan fingerprint density at radius 1 is 1.16 bits per heavy atom. The number of anilines is 1. The van der Waals surface area contributed by atoms with Crippen LogP contribution in [0.3, 0.4) is 0 Å². The van der Waals surface area contributed by atoms with E-state index >= 15 is 0 Å². The fourth-order valence-corrected chi connectivity index (χ4v) is 5.81. The summed E-state index contributed by atoms with van der Waals surface area (Å²) in [6.45, 7) is 9.21. The van der Waals surface area contributed by atoms with Gasteiger partial charge < -0.3 is 28.9 Å². The molecule has 0 fully saturated rings. The van der Waals surface area contributed by atoms with Crippen LogP contribution in [0.25, 0.3) is 11.5 Å². The van der Waals surface area contributed by atoms with Gasteiger partial charge in [0.2, 0.25) is 12.3 Å². The summed E-state index contributed by atoms with van der Waals surface area (Å²) in [7, 11) is -4.22. The molecule has 1 aliphatic rings. The highest BCUT2D eigenvalue weighted by Crippen LogP contribution is 2.49. The molecular formula is C24H30N3O8PS. The quantitative estimate of drug-likeness (QED) is 0.195. The lowest BCUT2D eigenvalue weighted by Crippen LogP contribution is -2.37. The van der Waals surface area contributed by atoms with E-state index in [4.69, 9.17) is 33.5 Å².